The molecule has 0 bridgehead atoms. The summed E-state index contributed by atoms with van der Waals surface area (Å²) in [6.07, 6.45) is 3.37. The van der Waals surface area contributed by atoms with E-state index in [1.165, 1.54) is 5.56 Å². The van der Waals surface area contributed by atoms with E-state index in [4.69, 9.17) is 9.47 Å². The first kappa shape index (κ1) is 13.4. The zero-order valence-electron chi connectivity index (χ0n) is 12.0. The minimum atomic E-state index is -0.639. The van der Waals surface area contributed by atoms with Gasteiger partial charge in [-0.2, -0.15) is 0 Å². The Morgan fingerprint density at radius 1 is 1.30 bits per heavy atom. The number of rotatable bonds is 2. The Morgan fingerprint density at radius 3 is 2.70 bits per heavy atom. The number of benzene rings is 1. The van der Waals surface area contributed by atoms with Gasteiger partial charge in [-0.05, 0) is 51.7 Å². The Bertz CT molecular complexity index is 499. The molecule has 2 aliphatic rings. The Morgan fingerprint density at radius 2 is 2.05 bits per heavy atom. The van der Waals surface area contributed by atoms with Crippen LogP contribution < -0.4 is 10.1 Å². The number of hydrogen-bond donors (Lipinski definition) is 1. The number of hydrogen-bond acceptors (Lipinski definition) is 3. The quantitative estimate of drug-likeness (QED) is 0.902. The van der Waals surface area contributed by atoms with Crippen molar-refractivity contribution < 1.29 is 14.3 Å². The van der Waals surface area contributed by atoms with Gasteiger partial charge in [0.05, 0.1) is 0 Å². The monoisotopic (exact) mass is 275 g/mol. The standard InChI is InChI=1S/C16H21NO3/c1-11-6-8-13(9-7-11)19-14-5-3-4-10-16(14)17-15(18)12(2)20-16/h6-9,12,14H,3-5,10H2,1-2H3,(H,17,18). The fourth-order valence-corrected chi connectivity index (χ4v) is 3.03. The van der Waals surface area contributed by atoms with Crippen molar-refractivity contribution in [3.8, 4) is 5.75 Å². The van der Waals surface area contributed by atoms with Crippen molar-refractivity contribution in [2.45, 2.75) is 57.5 Å². The predicted octanol–water partition coefficient (Wildman–Crippen LogP) is 2.55. The summed E-state index contributed by atoms with van der Waals surface area (Å²) < 4.78 is 12.0. The van der Waals surface area contributed by atoms with Gasteiger partial charge in [0.1, 0.15) is 18.0 Å². The summed E-state index contributed by atoms with van der Waals surface area (Å²) in [5.74, 6) is 0.795. The second-order valence-corrected chi connectivity index (χ2v) is 5.80. The fourth-order valence-electron chi connectivity index (χ4n) is 3.03. The molecule has 1 heterocycles. The van der Waals surface area contributed by atoms with E-state index in [-0.39, 0.29) is 12.0 Å². The van der Waals surface area contributed by atoms with Crippen molar-refractivity contribution in [1.29, 1.82) is 0 Å². The van der Waals surface area contributed by atoms with Gasteiger partial charge in [-0.25, -0.2) is 0 Å². The lowest BCUT2D eigenvalue weighted by molar-refractivity contribution is -0.134. The molecule has 1 N–H and O–H groups in total. The Balaban J connectivity index is 1.79. The Hall–Kier alpha value is -1.55. The molecule has 4 nitrogen and oxygen atoms in total. The number of nitrogens with one attached hydrogen (secondary N) is 1. The lowest BCUT2D eigenvalue weighted by Crippen LogP contribution is -2.56. The van der Waals surface area contributed by atoms with E-state index in [1.54, 1.807) is 6.92 Å². The van der Waals surface area contributed by atoms with E-state index in [0.29, 0.717) is 0 Å². The molecule has 2 fully saturated rings. The second kappa shape index (κ2) is 5.09. The highest BCUT2D eigenvalue weighted by molar-refractivity contribution is 5.83. The summed E-state index contributed by atoms with van der Waals surface area (Å²) in [5.41, 5.74) is 0.564. The van der Waals surface area contributed by atoms with Crippen LogP contribution in [0.5, 0.6) is 5.75 Å². The van der Waals surface area contributed by atoms with Crippen LogP contribution in [-0.4, -0.2) is 23.8 Å². The van der Waals surface area contributed by atoms with Crippen LogP contribution in [0.3, 0.4) is 0 Å². The molecule has 1 amide bonds. The van der Waals surface area contributed by atoms with Gasteiger partial charge < -0.3 is 14.8 Å². The highest BCUT2D eigenvalue weighted by atomic mass is 16.6. The van der Waals surface area contributed by atoms with Crippen LogP contribution in [0.15, 0.2) is 24.3 Å². The van der Waals surface area contributed by atoms with Crippen molar-refractivity contribution in [3.63, 3.8) is 0 Å². The van der Waals surface area contributed by atoms with Gasteiger partial charge in [0, 0.05) is 0 Å². The fraction of sp³-hybridized carbons (Fsp3) is 0.562. The van der Waals surface area contributed by atoms with Crippen LogP contribution in [0.2, 0.25) is 0 Å². The summed E-state index contributed by atoms with van der Waals surface area (Å²) in [5, 5.41) is 3.01. The maximum Gasteiger partial charge on any atom is 0.251 e. The van der Waals surface area contributed by atoms with Crippen molar-refractivity contribution in [1.82, 2.24) is 5.32 Å². The van der Waals surface area contributed by atoms with E-state index in [9.17, 15) is 4.79 Å². The molecule has 4 heteroatoms. The molecule has 1 aliphatic heterocycles. The van der Waals surface area contributed by atoms with Crippen molar-refractivity contribution in [3.05, 3.63) is 29.8 Å². The van der Waals surface area contributed by atoms with Crippen molar-refractivity contribution >= 4 is 5.91 Å². The third-order valence-corrected chi connectivity index (χ3v) is 4.18. The Kier molecular flexibility index (Phi) is 3.42. The molecule has 1 aliphatic carbocycles. The molecule has 3 unspecified atom stereocenters. The predicted molar refractivity (Wildman–Crippen MR) is 75.5 cm³/mol. The summed E-state index contributed by atoms with van der Waals surface area (Å²) in [7, 11) is 0. The number of amides is 1. The highest BCUT2D eigenvalue weighted by Crippen LogP contribution is 2.36. The summed E-state index contributed by atoms with van der Waals surface area (Å²) >= 11 is 0. The molecule has 1 spiro atoms. The Labute approximate surface area is 119 Å². The van der Waals surface area contributed by atoms with Gasteiger partial charge >= 0.3 is 0 Å². The van der Waals surface area contributed by atoms with E-state index in [0.717, 1.165) is 31.4 Å². The molecule has 1 aromatic carbocycles. The lowest BCUT2D eigenvalue weighted by atomic mass is 9.89. The number of aryl methyl sites for hydroxylation is 1. The molecule has 20 heavy (non-hydrogen) atoms. The zero-order chi connectivity index (χ0) is 14.2. The molecule has 0 radical (unpaired) electrons. The van der Waals surface area contributed by atoms with Gasteiger partial charge in [0.15, 0.2) is 5.72 Å². The van der Waals surface area contributed by atoms with Crippen molar-refractivity contribution in [2.75, 3.05) is 0 Å². The van der Waals surface area contributed by atoms with Gasteiger partial charge in [0.2, 0.25) is 0 Å². The van der Waals surface area contributed by atoms with Crippen LogP contribution >= 0.6 is 0 Å². The molecule has 3 atom stereocenters. The number of carbonyl (C=O) groups excluding carboxylic acids is 1. The smallest absolute Gasteiger partial charge is 0.251 e. The first-order chi connectivity index (χ1) is 9.59. The van der Waals surface area contributed by atoms with Gasteiger partial charge in [-0.1, -0.05) is 17.7 Å². The number of ether oxygens (including phenoxy) is 2. The first-order valence-electron chi connectivity index (χ1n) is 7.32. The molecule has 1 saturated carbocycles. The van der Waals surface area contributed by atoms with Gasteiger partial charge in [0.25, 0.3) is 5.91 Å². The molecule has 1 saturated heterocycles. The zero-order valence-corrected chi connectivity index (χ0v) is 12.0. The summed E-state index contributed by atoms with van der Waals surface area (Å²) in [6.45, 7) is 3.84. The van der Waals surface area contributed by atoms with Crippen LogP contribution in [0.4, 0.5) is 0 Å². The maximum absolute atomic E-state index is 11.8. The molecular weight excluding hydrogens is 254 g/mol. The van der Waals surface area contributed by atoms with Crippen LogP contribution in [0, 0.1) is 6.92 Å². The van der Waals surface area contributed by atoms with Crippen LogP contribution in [0.25, 0.3) is 0 Å². The third-order valence-electron chi connectivity index (χ3n) is 4.18. The SMILES string of the molecule is Cc1ccc(OC2CCCCC23NC(=O)C(C)O3)cc1. The van der Waals surface area contributed by atoms with Gasteiger partial charge in [-0.15, -0.1) is 0 Å². The van der Waals surface area contributed by atoms with E-state index in [2.05, 4.69) is 5.32 Å². The van der Waals surface area contributed by atoms with Crippen molar-refractivity contribution in [2.24, 2.45) is 0 Å². The first-order valence-corrected chi connectivity index (χ1v) is 7.32. The minimum absolute atomic E-state index is 0.0376. The topological polar surface area (TPSA) is 47.6 Å². The van der Waals surface area contributed by atoms with Crippen LogP contribution in [-0.2, 0) is 9.53 Å². The number of carbonyl (C=O) groups is 1. The average Bonchev–Trinajstić information content (AvgIpc) is 2.71. The maximum atomic E-state index is 11.8. The normalized spacial score (nSPS) is 33.2. The molecular formula is C16H21NO3. The lowest BCUT2D eigenvalue weighted by Gasteiger charge is -2.39. The average molecular weight is 275 g/mol. The summed E-state index contributed by atoms with van der Waals surface area (Å²) in [4.78, 5) is 11.8. The molecule has 3 rings (SSSR count). The van der Waals surface area contributed by atoms with Gasteiger partial charge in [-0.3, -0.25) is 4.79 Å². The van der Waals surface area contributed by atoms with E-state index in [1.807, 2.05) is 31.2 Å². The highest BCUT2D eigenvalue weighted by Gasteiger charge is 2.51. The largest absolute Gasteiger partial charge is 0.485 e. The molecule has 108 valence electrons. The van der Waals surface area contributed by atoms with E-state index < -0.39 is 11.8 Å². The minimum Gasteiger partial charge on any atom is -0.485 e. The third kappa shape index (κ3) is 2.40. The van der Waals surface area contributed by atoms with Crippen LogP contribution in [0.1, 0.15) is 38.2 Å². The molecule has 0 aromatic heterocycles. The van der Waals surface area contributed by atoms with E-state index >= 15 is 0 Å². The second-order valence-electron chi connectivity index (χ2n) is 5.80. The summed E-state index contributed by atoms with van der Waals surface area (Å²) in [6, 6.07) is 8.00. The molecule has 1 aromatic rings.